The van der Waals surface area contributed by atoms with Crippen molar-refractivity contribution in [2.45, 2.75) is 0 Å². The normalized spacial score (nSPS) is 10.6. The Kier molecular flexibility index (Phi) is 4.30. The van der Waals surface area contributed by atoms with Crippen molar-refractivity contribution in [1.82, 2.24) is 0 Å². The highest BCUT2D eigenvalue weighted by Gasteiger charge is 2.00. The summed E-state index contributed by atoms with van der Waals surface area (Å²) in [6, 6.07) is 14.1. The molecule has 96 valence electrons. The fraction of sp³-hybridized carbons (Fsp3) is 0. The van der Waals surface area contributed by atoms with Gasteiger partial charge in [-0.15, -0.1) is 0 Å². The molecule has 2 rings (SSSR count). The minimum Gasteiger partial charge on any atom is -0.478 e. The SMILES string of the molecule is O=C(O)c1ccc(NN=Cc2ccccc2Br)cc1. The number of carboxylic acids is 1. The first kappa shape index (κ1) is 13.3. The summed E-state index contributed by atoms with van der Waals surface area (Å²) in [5, 5.41) is 12.9. The van der Waals surface area contributed by atoms with E-state index in [0.29, 0.717) is 0 Å². The topological polar surface area (TPSA) is 61.7 Å². The summed E-state index contributed by atoms with van der Waals surface area (Å²) in [5.41, 5.74) is 4.78. The standard InChI is InChI=1S/C14H11BrN2O2/c15-13-4-2-1-3-11(13)9-16-17-12-7-5-10(6-8-12)14(18)19/h1-9,17H,(H,18,19). The summed E-state index contributed by atoms with van der Waals surface area (Å²) in [5.74, 6) is -0.941. The second-order valence-electron chi connectivity index (χ2n) is 3.77. The highest BCUT2D eigenvalue weighted by molar-refractivity contribution is 9.10. The van der Waals surface area contributed by atoms with Gasteiger partial charge in [0, 0.05) is 10.0 Å². The number of hydrogen-bond acceptors (Lipinski definition) is 3. The van der Waals surface area contributed by atoms with E-state index in [1.165, 1.54) is 12.1 Å². The molecular formula is C14H11BrN2O2. The molecule has 0 fully saturated rings. The van der Waals surface area contributed by atoms with E-state index in [1.54, 1.807) is 18.3 Å². The predicted octanol–water partition coefficient (Wildman–Crippen LogP) is 3.59. The number of benzene rings is 2. The van der Waals surface area contributed by atoms with Crippen LogP contribution in [0.5, 0.6) is 0 Å². The third-order valence-corrected chi connectivity index (χ3v) is 3.16. The van der Waals surface area contributed by atoms with Gasteiger partial charge in [0.15, 0.2) is 0 Å². The summed E-state index contributed by atoms with van der Waals surface area (Å²) in [7, 11) is 0. The summed E-state index contributed by atoms with van der Waals surface area (Å²) < 4.78 is 0.960. The lowest BCUT2D eigenvalue weighted by molar-refractivity contribution is 0.0697. The second kappa shape index (κ2) is 6.15. The first-order valence-electron chi connectivity index (χ1n) is 5.54. The molecule has 0 spiro atoms. The number of nitrogens with zero attached hydrogens (tertiary/aromatic N) is 1. The van der Waals surface area contributed by atoms with Crippen LogP contribution in [-0.2, 0) is 0 Å². The van der Waals surface area contributed by atoms with Gasteiger partial charge in [0.05, 0.1) is 17.5 Å². The molecule has 0 radical (unpaired) electrons. The number of aromatic carboxylic acids is 1. The quantitative estimate of drug-likeness (QED) is 0.669. The Morgan fingerprint density at radius 1 is 1.16 bits per heavy atom. The van der Waals surface area contributed by atoms with Gasteiger partial charge in [0.2, 0.25) is 0 Å². The average Bonchev–Trinajstić information content (AvgIpc) is 2.41. The zero-order chi connectivity index (χ0) is 13.7. The van der Waals surface area contributed by atoms with Gasteiger partial charge >= 0.3 is 5.97 Å². The maximum Gasteiger partial charge on any atom is 0.335 e. The Hall–Kier alpha value is -2.14. The number of anilines is 1. The molecule has 0 amide bonds. The predicted molar refractivity (Wildman–Crippen MR) is 78.8 cm³/mol. The van der Waals surface area contributed by atoms with Crippen LogP contribution in [0, 0.1) is 0 Å². The van der Waals surface area contributed by atoms with Crippen molar-refractivity contribution in [2.24, 2.45) is 5.10 Å². The Bertz CT molecular complexity index is 609. The first-order valence-corrected chi connectivity index (χ1v) is 6.33. The first-order chi connectivity index (χ1) is 9.16. The van der Waals surface area contributed by atoms with E-state index in [2.05, 4.69) is 26.5 Å². The van der Waals surface area contributed by atoms with Gasteiger partial charge in [-0.2, -0.15) is 5.10 Å². The fourth-order valence-corrected chi connectivity index (χ4v) is 1.83. The van der Waals surface area contributed by atoms with Gasteiger partial charge in [-0.3, -0.25) is 5.43 Å². The molecule has 0 aliphatic carbocycles. The summed E-state index contributed by atoms with van der Waals surface area (Å²) >= 11 is 3.42. The molecule has 0 aliphatic heterocycles. The summed E-state index contributed by atoms with van der Waals surface area (Å²) in [6.07, 6.45) is 1.69. The van der Waals surface area contributed by atoms with Crippen LogP contribution in [0.25, 0.3) is 0 Å². The van der Waals surface area contributed by atoms with Crippen LogP contribution < -0.4 is 5.43 Å². The van der Waals surface area contributed by atoms with Gasteiger partial charge in [-0.1, -0.05) is 34.1 Å². The van der Waals surface area contributed by atoms with Crippen LogP contribution in [0.3, 0.4) is 0 Å². The molecule has 0 unspecified atom stereocenters. The monoisotopic (exact) mass is 318 g/mol. The fourth-order valence-electron chi connectivity index (χ4n) is 1.44. The molecule has 0 aromatic heterocycles. The second-order valence-corrected chi connectivity index (χ2v) is 4.63. The van der Waals surface area contributed by atoms with Gasteiger partial charge in [0.1, 0.15) is 0 Å². The zero-order valence-corrected chi connectivity index (χ0v) is 11.5. The molecule has 0 heterocycles. The molecule has 5 heteroatoms. The lowest BCUT2D eigenvalue weighted by atomic mass is 10.2. The van der Waals surface area contributed by atoms with E-state index in [-0.39, 0.29) is 5.56 Å². The van der Waals surface area contributed by atoms with Crippen LogP contribution in [0.1, 0.15) is 15.9 Å². The maximum absolute atomic E-state index is 10.7. The average molecular weight is 319 g/mol. The van der Waals surface area contributed by atoms with Crippen molar-refractivity contribution in [3.05, 3.63) is 64.1 Å². The van der Waals surface area contributed by atoms with Gasteiger partial charge < -0.3 is 5.11 Å². The van der Waals surface area contributed by atoms with Crippen LogP contribution in [0.2, 0.25) is 0 Å². The highest BCUT2D eigenvalue weighted by atomic mass is 79.9. The Morgan fingerprint density at radius 2 is 1.84 bits per heavy atom. The van der Waals surface area contributed by atoms with Crippen molar-refractivity contribution in [1.29, 1.82) is 0 Å². The van der Waals surface area contributed by atoms with E-state index >= 15 is 0 Å². The van der Waals surface area contributed by atoms with E-state index in [1.807, 2.05) is 24.3 Å². The maximum atomic E-state index is 10.7. The van der Waals surface area contributed by atoms with Crippen molar-refractivity contribution >= 4 is 33.8 Å². The lowest BCUT2D eigenvalue weighted by Crippen LogP contribution is -1.96. The number of nitrogens with one attached hydrogen (secondary N) is 1. The molecular weight excluding hydrogens is 308 g/mol. The molecule has 0 atom stereocenters. The third-order valence-electron chi connectivity index (χ3n) is 2.43. The van der Waals surface area contributed by atoms with E-state index in [4.69, 9.17) is 5.11 Å². The van der Waals surface area contributed by atoms with Crippen LogP contribution in [-0.4, -0.2) is 17.3 Å². The number of hydrazone groups is 1. The van der Waals surface area contributed by atoms with Crippen molar-refractivity contribution in [3.8, 4) is 0 Å². The Balaban J connectivity index is 2.03. The minimum atomic E-state index is -0.941. The molecule has 0 saturated carbocycles. The zero-order valence-electron chi connectivity index (χ0n) is 9.88. The van der Waals surface area contributed by atoms with Crippen LogP contribution in [0.15, 0.2) is 58.1 Å². The number of hydrogen-bond donors (Lipinski definition) is 2. The Morgan fingerprint density at radius 3 is 2.47 bits per heavy atom. The molecule has 19 heavy (non-hydrogen) atoms. The summed E-state index contributed by atoms with van der Waals surface area (Å²) in [6.45, 7) is 0. The van der Waals surface area contributed by atoms with Crippen molar-refractivity contribution < 1.29 is 9.90 Å². The molecule has 0 saturated heterocycles. The molecule has 2 aromatic rings. The van der Waals surface area contributed by atoms with E-state index in [0.717, 1.165) is 15.7 Å². The number of rotatable bonds is 4. The molecule has 4 nitrogen and oxygen atoms in total. The van der Waals surface area contributed by atoms with Crippen molar-refractivity contribution in [2.75, 3.05) is 5.43 Å². The number of carboxylic acid groups (broad SMARTS) is 1. The summed E-state index contributed by atoms with van der Waals surface area (Å²) in [4.78, 5) is 10.7. The van der Waals surface area contributed by atoms with E-state index in [9.17, 15) is 4.79 Å². The number of halogens is 1. The molecule has 0 aliphatic rings. The Labute approximate surface area is 118 Å². The largest absolute Gasteiger partial charge is 0.478 e. The van der Waals surface area contributed by atoms with Gasteiger partial charge in [-0.05, 0) is 30.3 Å². The lowest BCUT2D eigenvalue weighted by Gasteiger charge is -2.01. The molecule has 2 N–H and O–H groups in total. The van der Waals surface area contributed by atoms with Crippen LogP contribution >= 0.6 is 15.9 Å². The third kappa shape index (κ3) is 3.66. The van der Waals surface area contributed by atoms with Crippen LogP contribution in [0.4, 0.5) is 5.69 Å². The van der Waals surface area contributed by atoms with Crippen molar-refractivity contribution in [3.63, 3.8) is 0 Å². The number of carbonyl (C=O) groups is 1. The smallest absolute Gasteiger partial charge is 0.335 e. The molecule has 0 bridgehead atoms. The minimum absolute atomic E-state index is 0.250. The van der Waals surface area contributed by atoms with E-state index < -0.39 is 5.97 Å². The molecule has 2 aromatic carbocycles. The van der Waals surface area contributed by atoms with Gasteiger partial charge in [-0.25, -0.2) is 4.79 Å². The van der Waals surface area contributed by atoms with Gasteiger partial charge in [0.25, 0.3) is 0 Å². The highest BCUT2D eigenvalue weighted by Crippen LogP contribution is 2.14.